The molecule has 0 bridgehead atoms. The number of carbonyl (C=O) groups is 2. The Kier molecular flexibility index (Phi) is 6.54. The van der Waals surface area contributed by atoms with Crippen LogP contribution in [0.3, 0.4) is 0 Å². The third-order valence-electron chi connectivity index (χ3n) is 5.48. The molecule has 0 radical (unpaired) electrons. The van der Waals surface area contributed by atoms with Gasteiger partial charge in [-0.1, -0.05) is 22.4 Å². The smallest absolute Gasteiger partial charge is 0.257 e. The van der Waals surface area contributed by atoms with Crippen LogP contribution in [0, 0.1) is 13.8 Å². The Morgan fingerprint density at radius 1 is 0.730 bits per heavy atom. The molecule has 10 heteroatoms. The summed E-state index contributed by atoms with van der Waals surface area (Å²) in [5.41, 5.74) is 3.91. The molecule has 184 valence electrons. The third-order valence-corrected chi connectivity index (χ3v) is 5.48. The lowest BCUT2D eigenvalue weighted by molar-refractivity contribution is 0.0950. The average molecular weight is 495 g/mol. The fraction of sp³-hybridized carbons (Fsp3) is 0.111. The van der Waals surface area contributed by atoms with E-state index in [-0.39, 0.29) is 11.8 Å². The zero-order chi connectivity index (χ0) is 25.8. The number of hydrogen-bond donors (Lipinski definition) is 2. The maximum atomic E-state index is 12.7. The second-order valence-electron chi connectivity index (χ2n) is 8.29. The minimum absolute atomic E-state index is 0.223. The van der Waals surface area contributed by atoms with Gasteiger partial charge in [0.25, 0.3) is 23.6 Å². The molecule has 3 aromatic carbocycles. The molecule has 37 heavy (non-hydrogen) atoms. The number of rotatable bonds is 7. The van der Waals surface area contributed by atoms with Crippen LogP contribution < -0.4 is 10.6 Å². The number of nitrogens with one attached hydrogen (secondary N) is 2. The quantitative estimate of drug-likeness (QED) is 0.335. The predicted molar refractivity (Wildman–Crippen MR) is 135 cm³/mol. The third kappa shape index (κ3) is 5.59. The molecule has 0 unspecified atom stereocenters. The van der Waals surface area contributed by atoms with Crippen LogP contribution in [0.5, 0.6) is 0 Å². The molecule has 2 amide bonds. The van der Waals surface area contributed by atoms with Crippen LogP contribution >= 0.6 is 0 Å². The molecular formula is C27H22N6O4. The number of amides is 2. The van der Waals surface area contributed by atoms with E-state index in [0.29, 0.717) is 46.8 Å². The molecule has 0 aliphatic heterocycles. The molecule has 0 aliphatic rings. The van der Waals surface area contributed by atoms with E-state index in [1.165, 1.54) is 0 Å². The number of nitrogens with zero attached hydrogens (tertiary/aromatic N) is 4. The van der Waals surface area contributed by atoms with E-state index in [2.05, 4.69) is 30.9 Å². The van der Waals surface area contributed by atoms with Gasteiger partial charge in [0, 0.05) is 34.5 Å². The van der Waals surface area contributed by atoms with Crippen molar-refractivity contribution in [3.63, 3.8) is 0 Å². The molecule has 0 atom stereocenters. The Morgan fingerprint density at radius 2 is 1.27 bits per heavy atom. The maximum Gasteiger partial charge on any atom is 0.257 e. The summed E-state index contributed by atoms with van der Waals surface area (Å²) < 4.78 is 10.3. The zero-order valence-electron chi connectivity index (χ0n) is 20.1. The van der Waals surface area contributed by atoms with Crippen molar-refractivity contribution in [3.8, 4) is 22.9 Å². The highest BCUT2D eigenvalue weighted by molar-refractivity contribution is 6.04. The number of aryl methyl sites for hydroxylation is 2. The van der Waals surface area contributed by atoms with Gasteiger partial charge in [0.2, 0.25) is 0 Å². The molecular weight excluding hydrogens is 472 g/mol. The van der Waals surface area contributed by atoms with Crippen molar-refractivity contribution in [1.82, 2.24) is 25.6 Å². The van der Waals surface area contributed by atoms with Crippen LogP contribution in [0.15, 0.2) is 81.8 Å². The van der Waals surface area contributed by atoms with Gasteiger partial charge in [-0.25, -0.2) is 0 Å². The van der Waals surface area contributed by atoms with E-state index < -0.39 is 0 Å². The molecule has 2 N–H and O–H groups in total. The highest BCUT2D eigenvalue weighted by atomic mass is 16.5. The van der Waals surface area contributed by atoms with E-state index >= 15 is 0 Å². The summed E-state index contributed by atoms with van der Waals surface area (Å²) >= 11 is 0. The van der Waals surface area contributed by atoms with Crippen LogP contribution in [0.4, 0.5) is 5.69 Å². The largest absolute Gasteiger partial charge is 0.348 e. The number of hydrogen-bond acceptors (Lipinski definition) is 8. The van der Waals surface area contributed by atoms with Crippen molar-refractivity contribution in [2.75, 3.05) is 5.32 Å². The lowest BCUT2D eigenvalue weighted by Gasteiger charge is -2.09. The van der Waals surface area contributed by atoms with Gasteiger partial charge in [0.1, 0.15) is 0 Å². The van der Waals surface area contributed by atoms with Crippen molar-refractivity contribution >= 4 is 17.5 Å². The van der Waals surface area contributed by atoms with Gasteiger partial charge in [-0.05, 0) is 80.1 Å². The van der Waals surface area contributed by atoms with E-state index in [1.807, 2.05) is 18.2 Å². The number of anilines is 1. The first kappa shape index (κ1) is 23.6. The molecule has 2 aromatic heterocycles. The molecule has 10 nitrogen and oxygen atoms in total. The average Bonchev–Trinajstić information content (AvgIpc) is 3.56. The summed E-state index contributed by atoms with van der Waals surface area (Å²) in [6, 6.07) is 21.1. The Hall–Kier alpha value is -5.12. The van der Waals surface area contributed by atoms with Crippen LogP contribution in [-0.4, -0.2) is 32.1 Å². The molecule has 0 spiro atoms. The van der Waals surface area contributed by atoms with Crippen molar-refractivity contribution in [2.45, 2.75) is 20.4 Å². The molecule has 0 saturated carbocycles. The van der Waals surface area contributed by atoms with Crippen molar-refractivity contribution < 1.29 is 18.6 Å². The van der Waals surface area contributed by atoms with Crippen LogP contribution in [0.25, 0.3) is 22.9 Å². The summed E-state index contributed by atoms with van der Waals surface area (Å²) in [7, 11) is 0. The molecule has 0 aliphatic carbocycles. The lowest BCUT2D eigenvalue weighted by Crippen LogP contribution is -2.22. The standard InChI is InChI=1S/C27H22N6O4/c1-16-29-26(36-32-16)21-10-6-19(7-11-21)24(34)28-15-18-4-3-5-23(14-18)31-25(35)20-8-12-22(13-9-20)27-30-17(2)33-37-27/h3-14H,15H2,1-2H3,(H,28,34)(H,31,35). The summed E-state index contributed by atoms with van der Waals surface area (Å²) in [6.45, 7) is 3.78. The summed E-state index contributed by atoms with van der Waals surface area (Å²) in [6.07, 6.45) is 0. The van der Waals surface area contributed by atoms with E-state index in [0.717, 1.165) is 16.7 Å². The van der Waals surface area contributed by atoms with Crippen LogP contribution in [0.1, 0.15) is 37.9 Å². The zero-order valence-corrected chi connectivity index (χ0v) is 20.1. The van der Waals surface area contributed by atoms with Crippen LogP contribution in [-0.2, 0) is 6.54 Å². The van der Waals surface area contributed by atoms with Crippen LogP contribution in [0.2, 0.25) is 0 Å². The summed E-state index contributed by atoms with van der Waals surface area (Å²) in [4.78, 5) is 33.7. The molecule has 0 saturated heterocycles. The van der Waals surface area contributed by atoms with Crippen molar-refractivity contribution in [2.24, 2.45) is 0 Å². The second-order valence-corrected chi connectivity index (χ2v) is 8.29. The predicted octanol–water partition coefficient (Wildman–Crippen LogP) is 4.59. The molecule has 5 rings (SSSR count). The Labute approximate surface area is 211 Å². The van der Waals surface area contributed by atoms with Gasteiger partial charge in [-0.2, -0.15) is 9.97 Å². The lowest BCUT2D eigenvalue weighted by atomic mass is 10.1. The monoisotopic (exact) mass is 494 g/mol. The highest BCUT2D eigenvalue weighted by Gasteiger charge is 2.12. The van der Waals surface area contributed by atoms with Gasteiger partial charge in [-0.3, -0.25) is 9.59 Å². The fourth-order valence-electron chi connectivity index (χ4n) is 3.60. The van der Waals surface area contributed by atoms with E-state index in [1.54, 1.807) is 68.4 Å². The Bertz CT molecular complexity index is 1550. The first-order valence-corrected chi connectivity index (χ1v) is 11.4. The van der Waals surface area contributed by atoms with Crippen molar-refractivity contribution in [1.29, 1.82) is 0 Å². The highest BCUT2D eigenvalue weighted by Crippen LogP contribution is 2.20. The second kappa shape index (κ2) is 10.2. The molecule has 5 aromatic rings. The normalized spacial score (nSPS) is 10.8. The fourth-order valence-corrected chi connectivity index (χ4v) is 3.60. The SMILES string of the molecule is Cc1noc(-c2ccc(C(=O)NCc3cccc(NC(=O)c4ccc(-c5nc(C)no5)cc4)c3)cc2)n1. The Balaban J connectivity index is 1.18. The van der Waals surface area contributed by atoms with E-state index in [4.69, 9.17) is 9.05 Å². The van der Waals surface area contributed by atoms with Gasteiger partial charge >= 0.3 is 0 Å². The summed E-state index contributed by atoms with van der Waals surface area (Å²) in [5.74, 6) is 1.41. The van der Waals surface area contributed by atoms with Gasteiger partial charge < -0.3 is 19.7 Å². The minimum Gasteiger partial charge on any atom is -0.348 e. The number of benzene rings is 3. The van der Waals surface area contributed by atoms with Gasteiger partial charge in [0.05, 0.1) is 0 Å². The van der Waals surface area contributed by atoms with Crippen molar-refractivity contribution in [3.05, 3.63) is 101 Å². The molecule has 2 heterocycles. The van der Waals surface area contributed by atoms with Gasteiger partial charge in [0.15, 0.2) is 11.6 Å². The first-order chi connectivity index (χ1) is 17.9. The maximum absolute atomic E-state index is 12.7. The number of carbonyl (C=O) groups excluding carboxylic acids is 2. The summed E-state index contributed by atoms with van der Waals surface area (Å²) in [5, 5.41) is 13.3. The topological polar surface area (TPSA) is 136 Å². The first-order valence-electron chi connectivity index (χ1n) is 11.4. The van der Waals surface area contributed by atoms with Gasteiger partial charge in [-0.15, -0.1) is 0 Å². The molecule has 0 fully saturated rings. The Morgan fingerprint density at radius 3 is 1.78 bits per heavy atom. The minimum atomic E-state index is -0.258. The van der Waals surface area contributed by atoms with E-state index in [9.17, 15) is 9.59 Å². The number of aromatic nitrogens is 4.